The van der Waals surface area contributed by atoms with E-state index in [-0.39, 0.29) is 10.6 Å². The summed E-state index contributed by atoms with van der Waals surface area (Å²) < 4.78 is 5.16. The number of hydrogen-bond acceptors (Lipinski definition) is 3. The molecule has 4 nitrogen and oxygen atoms in total. The number of ether oxygens (including phenoxy) is 1. The van der Waals surface area contributed by atoms with Crippen LogP contribution in [0.3, 0.4) is 0 Å². The van der Waals surface area contributed by atoms with E-state index in [1.165, 1.54) is 12.7 Å². The molecule has 16 heavy (non-hydrogen) atoms. The summed E-state index contributed by atoms with van der Waals surface area (Å²) in [6, 6.07) is 1.68. The fraction of sp³-hybridized carbons (Fsp3) is 0.500. The monoisotopic (exact) mass is 221 g/mol. The molecular formula is C12H15NO3. The van der Waals surface area contributed by atoms with Gasteiger partial charge in [0.2, 0.25) is 0 Å². The second kappa shape index (κ2) is 4.12. The molecule has 4 heteroatoms. The van der Waals surface area contributed by atoms with Crippen LogP contribution in [0.4, 0.5) is 5.69 Å². The van der Waals surface area contributed by atoms with Gasteiger partial charge in [-0.2, -0.15) is 0 Å². The van der Waals surface area contributed by atoms with E-state index < -0.39 is 0 Å². The average Bonchev–Trinajstić information content (AvgIpc) is 2.29. The van der Waals surface area contributed by atoms with Crippen molar-refractivity contribution in [2.75, 3.05) is 7.11 Å². The predicted molar refractivity (Wildman–Crippen MR) is 61.0 cm³/mol. The van der Waals surface area contributed by atoms with Crippen LogP contribution in [0.2, 0.25) is 0 Å². The zero-order chi connectivity index (χ0) is 11.7. The van der Waals surface area contributed by atoms with Crippen LogP contribution < -0.4 is 4.74 Å². The van der Waals surface area contributed by atoms with Gasteiger partial charge in [-0.25, -0.2) is 0 Å². The first kappa shape index (κ1) is 10.9. The zero-order valence-corrected chi connectivity index (χ0v) is 9.58. The average molecular weight is 221 g/mol. The number of hydrogen-bond donors (Lipinski definition) is 0. The van der Waals surface area contributed by atoms with Crippen molar-refractivity contribution in [2.45, 2.75) is 32.6 Å². The summed E-state index contributed by atoms with van der Waals surface area (Å²) in [5, 5.41) is 10.9. The molecule has 86 valence electrons. The number of aryl methyl sites for hydroxylation is 1. The molecule has 2 rings (SSSR count). The Morgan fingerprint density at radius 3 is 2.69 bits per heavy atom. The highest BCUT2D eigenvalue weighted by Crippen LogP contribution is 2.37. The number of nitro groups is 1. The quantitative estimate of drug-likeness (QED) is 0.570. The van der Waals surface area contributed by atoms with E-state index in [2.05, 4.69) is 0 Å². The molecule has 0 saturated heterocycles. The number of nitrogens with zero attached hydrogens (tertiary/aromatic N) is 1. The highest BCUT2D eigenvalue weighted by Gasteiger charge is 2.24. The van der Waals surface area contributed by atoms with Crippen molar-refractivity contribution in [1.29, 1.82) is 0 Å². The van der Waals surface area contributed by atoms with E-state index >= 15 is 0 Å². The van der Waals surface area contributed by atoms with E-state index in [1.54, 1.807) is 6.07 Å². The van der Waals surface area contributed by atoms with Gasteiger partial charge in [0.25, 0.3) is 0 Å². The molecule has 0 radical (unpaired) electrons. The second-order valence-electron chi connectivity index (χ2n) is 4.16. The number of fused-ring (bicyclic) bond motifs is 1. The Kier molecular flexibility index (Phi) is 2.81. The Morgan fingerprint density at radius 2 is 2.06 bits per heavy atom. The zero-order valence-electron chi connectivity index (χ0n) is 9.58. The van der Waals surface area contributed by atoms with Crippen LogP contribution in [0.25, 0.3) is 0 Å². The molecule has 0 bridgehead atoms. The van der Waals surface area contributed by atoms with Crippen molar-refractivity contribution in [1.82, 2.24) is 0 Å². The maximum absolute atomic E-state index is 10.9. The molecule has 1 aromatic rings. The number of rotatable bonds is 2. The number of nitro benzene ring substituents is 1. The third-order valence-electron chi connectivity index (χ3n) is 3.25. The fourth-order valence-corrected chi connectivity index (χ4v) is 2.47. The van der Waals surface area contributed by atoms with Gasteiger partial charge in [-0.05, 0) is 43.7 Å². The van der Waals surface area contributed by atoms with E-state index in [0.717, 1.165) is 36.8 Å². The Labute approximate surface area is 94.4 Å². The lowest BCUT2D eigenvalue weighted by Gasteiger charge is -2.19. The summed E-state index contributed by atoms with van der Waals surface area (Å²) in [5.74, 6) is 0.422. The van der Waals surface area contributed by atoms with Crippen LogP contribution in [0, 0.1) is 17.0 Å². The lowest BCUT2D eigenvalue weighted by molar-refractivity contribution is -0.385. The van der Waals surface area contributed by atoms with Crippen molar-refractivity contribution in [3.8, 4) is 5.75 Å². The van der Waals surface area contributed by atoms with Gasteiger partial charge in [-0.15, -0.1) is 0 Å². The molecule has 0 saturated carbocycles. The minimum absolute atomic E-state index is 0.0978. The van der Waals surface area contributed by atoms with E-state index in [4.69, 9.17) is 4.74 Å². The highest BCUT2D eigenvalue weighted by atomic mass is 16.6. The lowest BCUT2D eigenvalue weighted by atomic mass is 9.87. The van der Waals surface area contributed by atoms with Gasteiger partial charge in [0.05, 0.1) is 12.0 Å². The van der Waals surface area contributed by atoms with Crippen LogP contribution >= 0.6 is 0 Å². The topological polar surface area (TPSA) is 52.4 Å². The molecule has 0 atom stereocenters. The minimum Gasteiger partial charge on any atom is -0.490 e. The first-order valence-electron chi connectivity index (χ1n) is 5.49. The van der Waals surface area contributed by atoms with Crippen molar-refractivity contribution < 1.29 is 9.66 Å². The molecule has 1 aromatic carbocycles. The molecular weight excluding hydrogens is 206 g/mol. The Hall–Kier alpha value is -1.58. The molecule has 0 spiro atoms. The Balaban J connectivity index is 2.64. The standard InChI is InChI=1S/C12H15NO3/c1-8-10-6-4-3-5-9(10)7-11(13(14)15)12(8)16-2/h7H,3-6H2,1-2H3. The van der Waals surface area contributed by atoms with Crippen LogP contribution in [0.15, 0.2) is 6.07 Å². The maximum atomic E-state index is 10.9. The summed E-state index contributed by atoms with van der Waals surface area (Å²) in [6.45, 7) is 1.91. The van der Waals surface area contributed by atoms with Crippen LogP contribution in [0.1, 0.15) is 29.5 Å². The maximum Gasteiger partial charge on any atom is 0.311 e. The normalized spacial score (nSPS) is 14.4. The van der Waals surface area contributed by atoms with Gasteiger partial charge in [0.15, 0.2) is 5.75 Å². The molecule has 0 N–H and O–H groups in total. The third-order valence-corrected chi connectivity index (χ3v) is 3.25. The molecule has 0 aliphatic heterocycles. The van der Waals surface area contributed by atoms with Gasteiger partial charge in [0.1, 0.15) is 0 Å². The first-order chi connectivity index (χ1) is 7.65. The van der Waals surface area contributed by atoms with Gasteiger partial charge in [0, 0.05) is 11.6 Å². The van der Waals surface area contributed by atoms with E-state index in [0.29, 0.717) is 5.75 Å². The summed E-state index contributed by atoms with van der Waals surface area (Å²) in [7, 11) is 1.49. The molecule has 0 aromatic heterocycles. The summed E-state index contributed by atoms with van der Waals surface area (Å²) >= 11 is 0. The number of benzene rings is 1. The van der Waals surface area contributed by atoms with Crippen molar-refractivity contribution in [2.24, 2.45) is 0 Å². The Morgan fingerprint density at radius 1 is 1.38 bits per heavy atom. The molecule has 1 aliphatic carbocycles. The highest BCUT2D eigenvalue weighted by molar-refractivity contribution is 5.58. The first-order valence-corrected chi connectivity index (χ1v) is 5.49. The molecule has 0 heterocycles. The Bertz CT molecular complexity index is 440. The number of methoxy groups -OCH3 is 1. The largest absolute Gasteiger partial charge is 0.490 e. The molecule has 0 amide bonds. The smallest absolute Gasteiger partial charge is 0.311 e. The van der Waals surface area contributed by atoms with Gasteiger partial charge >= 0.3 is 5.69 Å². The van der Waals surface area contributed by atoms with Crippen LogP contribution in [-0.4, -0.2) is 12.0 Å². The van der Waals surface area contributed by atoms with Crippen molar-refractivity contribution in [3.05, 3.63) is 32.9 Å². The van der Waals surface area contributed by atoms with Crippen LogP contribution in [0.5, 0.6) is 5.75 Å². The van der Waals surface area contributed by atoms with E-state index in [9.17, 15) is 10.1 Å². The van der Waals surface area contributed by atoms with Gasteiger partial charge in [-0.1, -0.05) is 0 Å². The summed E-state index contributed by atoms with van der Waals surface area (Å²) in [4.78, 5) is 10.6. The summed E-state index contributed by atoms with van der Waals surface area (Å²) in [5.41, 5.74) is 3.40. The molecule has 0 unspecified atom stereocenters. The van der Waals surface area contributed by atoms with Crippen molar-refractivity contribution >= 4 is 5.69 Å². The second-order valence-corrected chi connectivity index (χ2v) is 4.16. The lowest BCUT2D eigenvalue weighted by Crippen LogP contribution is -2.08. The molecule has 0 fully saturated rings. The predicted octanol–water partition coefficient (Wildman–Crippen LogP) is 2.79. The van der Waals surface area contributed by atoms with Gasteiger partial charge in [-0.3, -0.25) is 10.1 Å². The SMILES string of the molecule is COc1c([N+](=O)[O-])cc2c(c1C)CCCC2. The minimum atomic E-state index is -0.360. The van der Waals surface area contributed by atoms with E-state index in [1.807, 2.05) is 6.92 Å². The summed E-state index contributed by atoms with van der Waals surface area (Å²) in [6.07, 6.45) is 4.24. The van der Waals surface area contributed by atoms with Crippen LogP contribution in [-0.2, 0) is 12.8 Å². The third kappa shape index (κ3) is 1.64. The van der Waals surface area contributed by atoms with Gasteiger partial charge < -0.3 is 4.74 Å². The van der Waals surface area contributed by atoms with Crippen molar-refractivity contribution in [3.63, 3.8) is 0 Å². The fourth-order valence-electron chi connectivity index (χ4n) is 2.47. The molecule has 1 aliphatic rings.